The molecule has 35 heavy (non-hydrogen) atoms. The number of amides is 2. The molecule has 1 atom stereocenters. The fourth-order valence-corrected chi connectivity index (χ4v) is 5.31. The third-order valence-corrected chi connectivity index (χ3v) is 7.68. The normalized spacial score (nSPS) is 19.7. The van der Waals surface area contributed by atoms with Crippen molar-refractivity contribution in [2.45, 2.75) is 46.1 Å². The monoisotopic (exact) mass is 496 g/mol. The van der Waals surface area contributed by atoms with E-state index in [0.29, 0.717) is 17.3 Å². The van der Waals surface area contributed by atoms with Crippen molar-refractivity contribution in [1.29, 1.82) is 0 Å². The Morgan fingerprint density at radius 2 is 1.83 bits per heavy atom. The number of fused-ring (bicyclic) bond motifs is 1. The molecule has 0 bridgehead atoms. The fraction of sp³-hybridized carbons (Fsp3) is 0.407. The summed E-state index contributed by atoms with van der Waals surface area (Å²) in [4.78, 5) is 25.6. The van der Waals surface area contributed by atoms with Crippen molar-refractivity contribution in [1.82, 2.24) is 10.2 Å². The molecular formula is C27H32N2O5S. The molecule has 0 aromatic heterocycles. The maximum atomic E-state index is 11.7. The van der Waals surface area contributed by atoms with Gasteiger partial charge >= 0.3 is 0 Å². The Morgan fingerprint density at radius 3 is 2.46 bits per heavy atom. The van der Waals surface area contributed by atoms with Crippen LogP contribution >= 0.6 is 11.8 Å². The highest BCUT2D eigenvalue weighted by Crippen LogP contribution is 2.51. The zero-order chi connectivity index (χ0) is 25.5. The molecule has 2 N–H and O–H groups in total. The molecule has 1 saturated heterocycles. The van der Waals surface area contributed by atoms with Gasteiger partial charge in [0.15, 0.2) is 0 Å². The van der Waals surface area contributed by atoms with Crippen LogP contribution < -0.4 is 14.8 Å². The second-order valence-electron chi connectivity index (χ2n) is 9.76. The second kappa shape index (κ2) is 9.59. The van der Waals surface area contributed by atoms with Crippen LogP contribution in [-0.4, -0.2) is 53.5 Å². The van der Waals surface area contributed by atoms with Crippen LogP contribution in [0.4, 0.5) is 4.79 Å². The topological polar surface area (TPSA) is 88.1 Å². The van der Waals surface area contributed by atoms with Gasteiger partial charge in [-0.2, -0.15) is 0 Å². The largest absolute Gasteiger partial charge is 0.507 e. The first kappa shape index (κ1) is 25.1. The average molecular weight is 497 g/mol. The zero-order valence-corrected chi connectivity index (χ0v) is 21.8. The van der Waals surface area contributed by atoms with Crippen molar-refractivity contribution in [3.8, 4) is 17.2 Å². The molecule has 0 aliphatic carbocycles. The molecule has 0 spiro atoms. The number of rotatable bonds is 7. The highest BCUT2D eigenvalue weighted by atomic mass is 32.2. The van der Waals surface area contributed by atoms with Gasteiger partial charge in [-0.25, -0.2) is 0 Å². The number of hydrogen-bond donors (Lipinski definition) is 2. The minimum Gasteiger partial charge on any atom is -0.507 e. The lowest BCUT2D eigenvalue weighted by Gasteiger charge is -2.30. The van der Waals surface area contributed by atoms with Gasteiger partial charge in [-0.15, -0.1) is 0 Å². The van der Waals surface area contributed by atoms with E-state index in [4.69, 9.17) is 9.47 Å². The van der Waals surface area contributed by atoms with Crippen LogP contribution in [0.5, 0.6) is 17.2 Å². The molecule has 2 heterocycles. The molecule has 186 valence electrons. The second-order valence-corrected chi connectivity index (χ2v) is 10.8. The number of likely N-dealkylation sites (N-methyl/N-ethyl adjacent to an activating group) is 1. The molecule has 2 aliphatic heterocycles. The number of phenolic OH excluding ortho intramolecular Hbond substituents is 1. The van der Waals surface area contributed by atoms with Gasteiger partial charge in [0.1, 0.15) is 29.5 Å². The number of aromatic hydroxyl groups is 1. The molecule has 2 aromatic carbocycles. The summed E-state index contributed by atoms with van der Waals surface area (Å²) in [6.07, 6.45) is 1.69. The van der Waals surface area contributed by atoms with E-state index in [2.05, 4.69) is 31.1 Å². The number of imide groups is 1. The third kappa shape index (κ3) is 5.04. The summed E-state index contributed by atoms with van der Waals surface area (Å²) in [6, 6.07) is 7.43. The molecule has 0 saturated carbocycles. The number of benzene rings is 2. The standard InChI is InChI=1S/C27H32N2O5S/c1-15-16(2)24-22(17(3)23(15)30)20(27(4,5)34-24)14-29(6)11-12-33-19-9-7-18(8-10-19)13-21-25(31)28-26(32)35-21/h7-10,13,20,30H,11-12,14H2,1-6H3,(H,28,31,32). The number of phenols is 1. The van der Waals surface area contributed by atoms with Gasteiger partial charge in [-0.3, -0.25) is 14.9 Å². The fourth-order valence-electron chi connectivity index (χ4n) is 4.63. The molecule has 7 nitrogen and oxygen atoms in total. The summed E-state index contributed by atoms with van der Waals surface area (Å²) in [7, 11) is 2.06. The van der Waals surface area contributed by atoms with Gasteiger partial charge in [-0.05, 0) is 93.9 Å². The van der Waals surface area contributed by atoms with Crippen molar-refractivity contribution in [2.24, 2.45) is 0 Å². The summed E-state index contributed by atoms with van der Waals surface area (Å²) in [5, 5.41) is 12.5. The van der Waals surface area contributed by atoms with Gasteiger partial charge in [-0.1, -0.05) is 12.1 Å². The molecular weight excluding hydrogens is 464 g/mol. The maximum absolute atomic E-state index is 11.7. The van der Waals surface area contributed by atoms with Crippen LogP contribution in [-0.2, 0) is 4.79 Å². The Balaban J connectivity index is 1.36. The van der Waals surface area contributed by atoms with E-state index in [-0.39, 0.29) is 22.7 Å². The van der Waals surface area contributed by atoms with Crippen LogP contribution in [0.25, 0.3) is 6.08 Å². The summed E-state index contributed by atoms with van der Waals surface area (Å²) in [6.45, 7) is 12.1. The first-order chi connectivity index (χ1) is 16.5. The quantitative estimate of drug-likeness (QED) is 0.527. The van der Waals surface area contributed by atoms with Gasteiger partial charge < -0.3 is 19.5 Å². The van der Waals surface area contributed by atoms with E-state index in [1.165, 1.54) is 0 Å². The lowest BCUT2D eigenvalue weighted by Crippen LogP contribution is -2.38. The zero-order valence-electron chi connectivity index (χ0n) is 21.0. The number of hydrogen-bond acceptors (Lipinski definition) is 7. The van der Waals surface area contributed by atoms with Crippen LogP contribution in [0.1, 0.15) is 47.6 Å². The highest BCUT2D eigenvalue weighted by molar-refractivity contribution is 8.18. The van der Waals surface area contributed by atoms with Crippen molar-refractivity contribution in [2.75, 3.05) is 26.7 Å². The average Bonchev–Trinajstić information content (AvgIpc) is 3.26. The number of ether oxygens (including phenoxy) is 2. The van der Waals surface area contributed by atoms with Crippen LogP contribution in [0.3, 0.4) is 0 Å². The number of carbonyl (C=O) groups is 2. The SMILES string of the molecule is Cc1c(C)c2c(c(C)c1O)C(CN(C)CCOc1ccc(C=C3SC(=O)NC3=O)cc1)C(C)(C)O2. The minimum absolute atomic E-state index is 0.123. The van der Waals surface area contributed by atoms with E-state index in [1.807, 2.05) is 45.0 Å². The molecule has 1 fully saturated rings. The van der Waals surface area contributed by atoms with Gasteiger partial charge in [0.05, 0.1) is 4.91 Å². The molecule has 1 unspecified atom stereocenters. The molecule has 4 rings (SSSR count). The number of nitrogens with zero attached hydrogens (tertiary/aromatic N) is 1. The van der Waals surface area contributed by atoms with Crippen molar-refractivity contribution < 1.29 is 24.2 Å². The van der Waals surface area contributed by atoms with Crippen molar-refractivity contribution in [3.05, 3.63) is 57.0 Å². The number of thioether (sulfide) groups is 1. The lowest BCUT2D eigenvalue weighted by atomic mass is 9.82. The van der Waals surface area contributed by atoms with Crippen LogP contribution in [0.2, 0.25) is 0 Å². The Hall–Kier alpha value is -2.97. The van der Waals surface area contributed by atoms with Crippen LogP contribution in [0.15, 0.2) is 29.2 Å². The van der Waals surface area contributed by atoms with E-state index in [1.54, 1.807) is 6.08 Å². The maximum Gasteiger partial charge on any atom is 0.290 e. The van der Waals surface area contributed by atoms with Gasteiger partial charge in [0.25, 0.3) is 11.1 Å². The summed E-state index contributed by atoms with van der Waals surface area (Å²) < 4.78 is 12.3. The summed E-state index contributed by atoms with van der Waals surface area (Å²) in [5.74, 6) is 1.76. The van der Waals surface area contributed by atoms with Crippen molar-refractivity contribution >= 4 is 29.0 Å². The minimum atomic E-state index is -0.378. The molecule has 2 amide bonds. The Morgan fingerprint density at radius 1 is 1.14 bits per heavy atom. The first-order valence-corrected chi connectivity index (χ1v) is 12.5. The molecule has 8 heteroatoms. The smallest absolute Gasteiger partial charge is 0.290 e. The van der Waals surface area contributed by atoms with E-state index < -0.39 is 0 Å². The lowest BCUT2D eigenvalue weighted by molar-refractivity contribution is -0.115. The molecule has 2 aliphatic rings. The van der Waals surface area contributed by atoms with Crippen LogP contribution in [0, 0.1) is 20.8 Å². The van der Waals surface area contributed by atoms with E-state index >= 15 is 0 Å². The van der Waals surface area contributed by atoms with Crippen molar-refractivity contribution in [3.63, 3.8) is 0 Å². The first-order valence-electron chi connectivity index (χ1n) is 11.7. The summed E-state index contributed by atoms with van der Waals surface area (Å²) in [5.41, 5.74) is 4.33. The Bertz CT molecular complexity index is 1200. The van der Waals surface area contributed by atoms with E-state index in [9.17, 15) is 14.7 Å². The number of nitrogens with one attached hydrogen (secondary N) is 1. The van der Waals surface area contributed by atoms with Gasteiger partial charge in [0.2, 0.25) is 0 Å². The predicted octanol–water partition coefficient (Wildman–Crippen LogP) is 4.91. The summed E-state index contributed by atoms with van der Waals surface area (Å²) >= 11 is 0.903. The molecule has 0 radical (unpaired) electrons. The van der Waals surface area contributed by atoms with E-state index in [0.717, 1.165) is 64.2 Å². The Kier molecular flexibility index (Phi) is 6.88. The molecule has 2 aromatic rings. The highest BCUT2D eigenvalue weighted by Gasteiger charge is 2.44. The Labute approximate surface area is 210 Å². The third-order valence-electron chi connectivity index (χ3n) is 6.87. The predicted molar refractivity (Wildman–Crippen MR) is 138 cm³/mol. The van der Waals surface area contributed by atoms with Gasteiger partial charge in [0, 0.05) is 24.6 Å². The number of carbonyl (C=O) groups excluding carboxylic acids is 2.